The molecule has 100 valence electrons. The van der Waals surface area contributed by atoms with Crippen LogP contribution < -0.4 is 5.32 Å². The molecule has 1 rings (SSSR count). The molecule has 0 amide bonds. The molecule has 0 aliphatic carbocycles. The molecule has 1 unspecified atom stereocenters. The van der Waals surface area contributed by atoms with Gasteiger partial charge in [-0.1, -0.05) is 13.8 Å². The first kappa shape index (κ1) is 14.5. The van der Waals surface area contributed by atoms with E-state index in [0.29, 0.717) is 12.0 Å². The van der Waals surface area contributed by atoms with Crippen LogP contribution >= 0.6 is 0 Å². The molecule has 0 bridgehead atoms. The molecular formula is C13H26N2O2. The van der Waals surface area contributed by atoms with Crippen molar-refractivity contribution in [2.45, 2.75) is 45.6 Å². The summed E-state index contributed by atoms with van der Waals surface area (Å²) in [5, 5.41) is 12.2. The first-order valence-corrected chi connectivity index (χ1v) is 6.56. The molecule has 0 radical (unpaired) electrons. The van der Waals surface area contributed by atoms with Crippen molar-refractivity contribution in [1.82, 2.24) is 10.2 Å². The quantitative estimate of drug-likeness (QED) is 0.742. The fraction of sp³-hybridized carbons (Fsp3) is 0.923. The summed E-state index contributed by atoms with van der Waals surface area (Å²) in [4.78, 5) is 13.5. The number of hydrogen-bond acceptors (Lipinski definition) is 3. The second-order valence-electron chi connectivity index (χ2n) is 5.56. The average molecular weight is 242 g/mol. The van der Waals surface area contributed by atoms with Gasteiger partial charge in [0.15, 0.2) is 0 Å². The number of carbonyl (C=O) groups is 1. The van der Waals surface area contributed by atoms with Gasteiger partial charge < -0.3 is 15.3 Å². The molecule has 17 heavy (non-hydrogen) atoms. The van der Waals surface area contributed by atoms with E-state index in [0.717, 1.165) is 13.1 Å². The monoisotopic (exact) mass is 242 g/mol. The Labute approximate surface area is 104 Å². The summed E-state index contributed by atoms with van der Waals surface area (Å²) >= 11 is 0. The van der Waals surface area contributed by atoms with Gasteiger partial charge in [-0.15, -0.1) is 0 Å². The molecular weight excluding hydrogens is 216 g/mol. The zero-order valence-electron chi connectivity index (χ0n) is 11.5. The van der Waals surface area contributed by atoms with Crippen molar-refractivity contribution < 1.29 is 9.90 Å². The Hall–Kier alpha value is -0.610. The minimum absolute atomic E-state index is 0.410. The Kier molecular flexibility index (Phi) is 4.55. The van der Waals surface area contributed by atoms with Gasteiger partial charge >= 0.3 is 5.97 Å². The molecule has 4 nitrogen and oxygen atoms in total. The van der Waals surface area contributed by atoms with Crippen LogP contribution in [0, 0.1) is 5.41 Å². The summed E-state index contributed by atoms with van der Waals surface area (Å²) in [5.41, 5.74) is -0.426. The van der Waals surface area contributed by atoms with Gasteiger partial charge in [0.05, 0.1) is 0 Å². The van der Waals surface area contributed by atoms with Gasteiger partial charge in [-0.25, -0.2) is 0 Å². The van der Waals surface area contributed by atoms with Gasteiger partial charge in [0.25, 0.3) is 0 Å². The van der Waals surface area contributed by atoms with E-state index in [1.165, 1.54) is 19.3 Å². The van der Waals surface area contributed by atoms with Crippen molar-refractivity contribution in [1.29, 1.82) is 0 Å². The Bertz CT molecular complexity index is 277. The summed E-state index contributed by atoms with van der Waals surface area (Å²) in [6.45, 7) is 8.87. The molecule has 1 fully saturated rings. The summed E-state index contributed by atoms with van der Waals surface area (Å²) in [6.07, 6.45) is 3.56. The SMILES string of the molecule is CCC1(CC)CCN(CC(C)(NC)C(=O)O)C1. The Morgan fingerprint density at radius 3 is 2.41 bits per heavy atom. The van der Waals surface area contributed by atoms with Gasteiger partial charge in [0.1, 0.15) is 5.54 Å². The Balaban J connectivity index is 2.63. The van der Waals surface area contributed by atoms with Crippen molar-refractivity contribution in [3.8, 4) is 0 Å². The lowest BCUT2D eigenvalue weighted by molar-refractivity contribution is -0.144. The highest BCUT2D eigenvalue weighted by Gasteiger charge is 2.40. The normalized spacial score (nSPS) is 23.5. The number of likely N-dealkylation sites (tertiary alicyclic amines) is 1. The van der Waals surface area contributed by atoms with Crippen LogP contribution in [0.1, 0.15) is 40.0 Å². The van der Waals surface area contributed by atoms with Crippen LogP contribution in [0.15, 0.2) is 0 Å². The van der Waals surface area contributed by atoms with Gasteiger partial charge in [-0.2, -0.15) is 0 Å². The zero-order chi connectivity index (χ0) is 13.1. The van der Waals surface area contributed by atoms with Crippen LogP contribution in [-0.2, 0) is 4.79 Å². The van der Waals surface area contributed by atoms with Crippen LogP contribution in [0.2, 0.25) is 0 Å². The highest BCUT2D eigenvalue weighted by atomic mass is 16.4. The molecule has 0 aromatic heterocycles. The van der Waals surface area contributed by atoms with Crippen molar-refractivity contribution in [2.24, 2.45) is 5.41 Å². The van der Waals surface area contributed by atoms with Gasteiger partial charge in [0, 0.05) is 13.1 Å². The second-order valence-corrected chi connectivity index (χ2v) is 5.56. The predicted octanol–water partition coefficient (Wildman–Crippen LogP) is 1.56. The summed E-state index contributed by atoms with van der Waals surface area (Å²) in [5.74, 6) is -0.773. The number of carboxylic acids is 1. The van der Waals surface area contributed by atoms with E-state index in [-0.39, 0.29) is 0 Å². The maximum absolute atomic E-state index is 11.3. The molecule has 0 saturated carbocycles. The van der Waals surface area contributed by atoms with Gasteiger partial charge in [0.2, 0.25) is 0 Å². The molecule has 4 heteroatoms. The largest absolute Gasteiger partial charge is 0.480 e. The smallest absolute Gasteiger partial charge is 0.324 e. The zero-order valence-corrected chi connectivity index (χ0v) is 11.5. The van der Waals surface area contributed by atoms with Gasteiger partial charge in [-0.3, -0.25) is 4.79 Å². The highest BCUT2D eigenvalue weighted by molar-refractivity contribution is 5.78. The third kappa shape index (κ3) is 2.99. The number of rotatable bonds is 6. The van der Waals surface area contributed by atoms with Crippen LogP contribution in [0.3, 0.4) is 0 Å². The number of hydrogen-bond donors (Lipinski definition) is 2. The molecule has 1 aliphatic rings. The third-order valence-corrected chi connectivity index (χ3v) is 4.58. The lowest BCUT2D eigenvalue weighted by Crippen LogP contribution is -2.55. The van der Waals surface area contributed by atoms with Gasteiger partial charge in [-0.05, 0) is 45.2 Å². The number of carboxylic acid groups (broad SMARTS) is 1. The Morgan fingerprint density at radius 2 is 2.06 bits per heavy atom. The Morgan fingerprint density at radius 1 is 1.47 bits per heavy atom. The first-order chi connectivity index (χ1) is 7.91. The van der Waals surface area contributed by atoms with Crippen molar-refractivity contribution in [2.75, 3.05) is 26.7 Å². The van der Waals surface area contributed by atoms with E-state index in [9.17, 15) is 9.90 Å². The van der Waals surface area contributed by atoms with Crippen molar-refractivity contribution in [3.05, 3.63) is 0 Å². The maximum atomic E-state index is 11.3. The summed E-state index contributed by atoms with van der Waals surface area (Å²) in [6, 6.07) is 0. The van der Waals surface area contributed by atoms with E-state index >= 15 is 0 Å². The van der Waals surface area contributed by atoms with E-state index in [1.807, 2.05) is 0 Å². The summed E-state index contributed by atoms with van der Waals surface area (Å²) in [7, 11) is 1.72. The molecule has 0 aromatic rings. The van der Waals surface area contributed by atoms with Crippen LogP contribution in [0.5, 0.6) is 0 Å². The third-order valence-electron chi connectivity index (χ3n) is 4.58. The number of likely N-dealkylation sites (N-methyl/N-ethyl adjacent to an activating group) is 1. The van der Waals surface area contributed by atoms with E-state index in [4.69, 9.17) is 0 Å². The first-order valence-electron chi connectivity index (χ1n) is 6.56. The molecule has 1 saturated heterocycles. The lowest BCUT2D eigenvalue weighted by Gasteiger charge is -2.31. The predicted molar refractivity (Wildman–Crippen MR) is 69.2 cm³/mol. The standard InChI is InChI=1S/C13H26N2O2/c1-5-13(6-2)7-8-15(10-13)9-12(3,14-4)11(16)17/h14H,5-10H2,1-4H3,(H,16,17). The van der Waals surface area contributed by atoms with E-state index < -0.39 is 11.5 Å². The molecule has 1 aliphatic heterocycles. The average Bonchev–Trinajstić information content (AvgIpc) is 2.72. The minimum Gasteiger partial charge on any atom is -0.480 e. The van der Waals surface area contributed by atoms with E-state index in [2.05, 4.69) is 24.1 Å². The lowest BCUT2D eigenvalue weighted by atomic mass is 9.82. The number of aliphatic carboxylic acids is 1. The minimum atomic E-state index is -0.836. The van der Waals surface area contributed by atoms with Crippen molar-refractivity contribution >= 4 is 5.97 Å². The molecule has 1 atom stereocenters. The number of nitrogens with zero attached hydrogens (tertiary/aromatic N) is 1. The fourth-order valence-electron chi connectivity index (χ4n) is 2.69. The fourth-order valence-corrected chi connectivity index (χ4v) is 2.69. The number of nitrogens with one attached hydrogen (secondary N) is 1. The van der Waals surface area contributed by atoms with Crippen molar-refractivity contribution in [3.63, 3.8) is 0 Å². The van der Waals surface area contributed by atoms with Crippen LogP contribution in [0.4, 0.5) is 0 Å². The maximum Gasteiger partial charge on any atom is 0.324 e. The molecule has 0 spiro atoms. The summed E-state index contributed by atoms with van der Waals surface area (Å²) < 4.78 is 0. The molecule has 0 aromatic carbocycles. The van der Waals surface area contributed by atoms with Crippen LogP contribution in [-0.4, -0.2) is 48.2 Å². The topological polar surface area (TPSA) is 52.6 Å². The second kappa shape index (κ2) is 5.36. The highest BCUT2D eigenvalue weighted by Crippen LogP contribution is 2.37. The van der Waals surface area contributed by atoms with Crippen LogP contribution in [0.25, 0.3) is 0 Å². The molecule has 2 N–H and O–H groups in total. The molecule has 1 heterocycles. The van der Waals surface area contributed by atoms with E-state index in [1.54, 1.807) is 14.0 Å².